The maximum absolute atomic E-state index is 8.95. The molecule has 0 fully saturated rings. The fraction of sp³-hybridized carbons (Fsp3) is 0.478. The van der Waals surface area contributed by atoms with Crippen LogP contribution < -0.4 is 4.74 Å². The topological polar surface area (TPSA) is 65.5 Å². The van der Waals surface area contributed by atoms with Crippen molar-refractivity contribution in [1.29, 1.82) is 10.8 Å². The minimum atomic E-state index is 0.466. The summed E-state index contributed by atoms with van der Waals surface area (Å²) in [7, 11) is 0. The lowest BCUT2D eigenvalue weighted by atomic mass is 9.93. The maximum atomic E-state index is 8.95. The number of benzene rings is 2. The maximum Gasteiger partial charge on any atom is 0.391 e. The summed E-state index contributed by atoms with van der Waals surface area (Å²) in [5.74, 6) is 1.30. The number of ether oxygens (including phenoxy) is 1. The summed E-state index contributed by atoms with van der Waals surface area (Å²) in [6.45, 7) is 16.6. The van der Waals surface area contributed by atoms with E-state index in [4.69, 9.17) is 27.1 Å². The van der Waals surface area contributed by atoms with Gasteiger partial charge < -0.3 is 4.74 Å². The van der Waals surface area contributed by atoms with E-state index in [9.17, 15) is 0 Å². The Kier molecular flexibility index (Phi) is 9.08. The number of aryl methyl sites for hydroxylation is 1. The second-order valence-electron chi connectivity index (χ2n) is 7.21. The van der Waals surface area contributed by atoms with Crippen LogP contribution in [-0.2, 0) is 6.42 Å². The molecule has 0 aliphatic rings. The van der Waals surface area contributed by atoms with Gasteiger partial charge in [-0.15, -0.1) is 11.6 Å². The summed E-state index contributed by atoms with van der Waals surface area (Å²) >= 11 is 5.60. The summed E-state index contributed by atoms with van der Waals surface area (Å²) < 4.78 is 5.58. The van der Waals surface area contributed by atoms with E-state index in [-0.39, 0.29) is 0 Å². The molecule has 0 atom stereocenters. The predicted molar refractivity (Wildman–Crippen MR) is 121 cm³/mol. The van der Waals surface area contributed by atoms with Gasteiger partial charge in [0.2, 0.25) is 10.8 Å². The van der Waals surface area contributed by atoms with E-state index >= 15 is 0 Å². The molecule has 0 radical (unpaired) electrons. The van der Waals surface area contributed by atoms with Crippen molar-refractivity contribution in [2.45, 2.75) is 61.8 Å². The fourth-order valence-electron chi connectivity index (χ4n) is 3.48. The van der Waals surface area contributed by atoms with Crippen molar-refractivity contribution in [3.05, 3.63) is 60.5 Å². The van der Waals surface area contributed by atoms with Crippen LogP contribution in [0.5, 0.6) is 5.75 Å². The lowest BCUT2D eigenvalue weighted by Crippen LogP contribution is -2.03. The monoisotopic (exact) mass is 414 g/mol. The van der Waals surface area contributed by atoms with E-state index < -0.39 is 0 Å². The van der Waals surface area contributed by atoms with Gasteiger partial charge in [0.1, 0.15) is 12.4 Å². The molecule has 5 nitrogen and oxygen atoms in total. The molecule has 29 heavy (non-hydrogen) atoms. The highest BCUT2D eigenvalue weighted by molar-refractivity contribution is 6.18. The fourth-order valence-corrected chi connectivity index (χ4v) is 3.55. The molecular formula is C23H31ClN4O+2. The first-order chi connectivity index (χ1) is 13.7. The Balaban J connectivity index is 0.000000296. The first-order valence-corrected chi connectivity index (χ1v) is 10.3. The van der Waals surface area contributed by atoms with Crippen molar-refractivity contribution < 1.29 is 4.74 Å². The third kappa shape index (κ3) is 5.25. The molecular weight excluding hydrogens is 384 g/mol. The van der Waals surface area contributed by atoms with E-state index in [2.05, 4.69) is 30.7 Å². The number of alkyl halides is 1. The first kappa shape index (κ1) is 24.4. The number of rotatable bonds is 4. The molecule has 0 bridgehead atoms. The van der Waals surface area contributed by atoms with E-state index in [0.29, 0.717) is 18.2 Å². The highest BCUT2D eigenvalue weighted by atomic mass is 35.5. The Morgan fingerprint density at radius 3 is 1.69 bits per heavy atom. The summed E-state index contributed by atoms with van der Waals surface area (Å²) in [4.78, 5) is 6.65. The van der Waals surface area contributed by atoms with Crippen LogP contribution in [0.3, 0.4) is 0 Å². The molecule has 2 aromatic rings. The lowest BCUT2D eigenvalue weighted by molar-refractivity contribution is 0.339. The van der Waals surface area contributed by atoms with E-state index in [1.165, 1.54) is 16.7 Å². The van der Waals surface area contributed by atoms with Gasteiger partial charge in [0.05, 0.1) is 11.4 Å². The smallest absolute Gasteiger partial charge is 0.391 e. The zero-order chi connectivity index (χ0) is 22.3. The van der Waals surface area contributed by atoms with Gasteiger partial charge in [0.25, 0.3) is 0 Å². The highest BCUT2D eigenvalue weighted by Gasteiger charge is 2.22. The average Bonchev–Trinajstić information content (AvgIpc) is 2.70. The van der Waals surface area contributed by atoms with Crippen LogP contribution in [0.1, 0.15) is 51.4 Å². The number of hydrogen-bond acceptors (Lipinski definition) is 3. The molecule has 6 heteroatoms. The summed E-state index contributed by atoms with van der Waals surface area (Å²) in [5, 5.41) is 17.8. The largest absolute Gasteiger partial charge is 0.492 e. The Morgan fingerprint density at radius 1 is 0.793 bits per heavy atom. The van der Waals surface area contributed by atoms with E-state index in [1.54, 1.807) is 0 Å². The van der Waals surface area contributed by atoms with Crippen molar-refractivity contribution in [2.24, 2.45) is 0 Å². The molecule has 0 aliphatic heterocycles. The molecule has 0 aliphatic carbocycles. The number of halogens is 1. The van der Waals surface area contributed by atoms with Crippen LogP contribution in [0.4, 0.5) is 11.4 Å². The molecule has 154 valence electrons. The minimum Gasteiger partial charge on any atom is -0.492 e. The minimum absolute atomic E-state index is 0.466. The third-order valence-electron chi connectivity index (χ3n) is 5.68. The van der Waals surface area contributed by atoms with Gasteiger partial charge in [-0.1, -0.05) is 6.92 Å². The van der Waals surface area contributed by atoms with Crippen LogP contribution in [-0.4, -0.2) is 12.5 Å². The van der Waals surface area contributed by atoms with Gasteiger partial charge >= 0.3 is 11.4 Å². The molecule has 0 saturated heterocycles. The number of diazo groups is 2. The lowest BCUT2D eigenvalue weighted by Gasteiger charge is -2.11. The molecule has 0 unspecified atom stereocenters. The molecule has 0 amide bonds. The normalized spacial score (nSPS) is 9.90. The quantitative estimate of drug-likeness (QED) is 0.380. The van der Waals surface area contributed by atoms with Crippen molar-refractivity contribution >= 4 is 23.0 Å². The van der Waals surface area contributed by atoms with Crippen LogP contribution in [0.15, 0.2) is 6.07 Å². The van der Waals surface area contributed by atoms with Crippen molar-refractivity contribution in [2.75, 3.05) is 12.5 Å². The second-order valence-corrected chi connectivity index (χ2v) is 7.59. The zero-order valence-electron chi connectivity index (χ0n) is 18.8. The summed E-state index contributed by atoms with van der Waals surface area (Å²) in [5.41, 5.74) is 10.2. The van der Waals surface area contributed by atoms with Crippen molar-refractivity contribution in [1.82, 2.24) is 0 Å². The summed E-state index contributed by atoms with van der Waals surface area (Å²) in [6.07, 6.45) is 0.840. The third-order valence-corrected chi connectivity index (χ3v) is 5.83. The second kappa shape index (κ2) is 10.8. The van der Waals surface area contributed by atoms with E-state index in [0.717, 1.165) is 45.7 Å². The average molecular weight is 415 g/mol. The number of nitrogens with zero attached hydrogens (tertiary/aromatic N) is 4. The zero-order valence-corrected chi connectivity index (χ0v) is 19.5. The number of hydrogen-bond donors (Lipinski definition) is 0. The van der Waals surface area contributed by atoms with Crippen molar-refractivity contribution in [3.8, 4) is 5.75 Å². The van der Waals surface area contributed by atoms with Crippen LogP contribution in [0, 0.1) is 59.3 Å². The predicted octanol–water partition coefficient (Wildman–Crippen LogP) is 7.68. The molecule has 0 aromatic heterocycles. The van der Waals surface area contributed by atoms with Crippen LogP contribution in [0.2, 0.25) is 0 Å². The highest BCUT2D eigenvalue weighted by Crippen LogP contribution is 2.34. The molecule has 2 rings (SSSR count). The standard InChI is InChI=1S/C12H16ClN2O.C11H15N2/c1-4-10-9(3)12(15-14)8(2)7-11(10)16-6-5-13;1-6-7(2)9(4)11(13-12)10(5)8(6)3/h7H,4-6H2,1-3H3;1-5H3/q2*+1. The van der Waals surface area contributed by atoms with Crippen LogP contribution >= 0.6 is 11.6 Å². The Hall–Kier alpha value is -2.63. The SMILES string of the molecule is CCc1c(OCCCl)cc(C)c([N+]#N)c1C.Cc1c(C)c(C)c([N+]#N)c(C)c1C. The molecule has 0 N–H and O–H groups in total. The molecule has 0 saturated carbocycles. The van der Waals surface area contributed by atoms with Gasteiger partial charge in [-0.05, 0) is 77.6 Å². The Morgan fingerprint density at radius 2 is 1.28 bits per heavy atom. The molecule has 0 heterocycles. The Labute approximate surface area is 179 Å². The van der Waals surface area contributed by atoms with Gasteiger partial charge in [-0.3, -0.25) is 0 Å². The molecule has 2 aromatic carbocycles. The summed E-state index contributed by atoms with van der Waals surface area (Å²) in [6, 6.07) is 1.90. The van der Waals surface area contributed by atoms with Gasteiger partial charge in [-0.2, -0.15) is 0 Å². The van der Waals surface area contributed by atoms with E-state index in [1.807, 2.05) is 40.7 Å². The molecule has 0 spiro atoms. The van der Waals surface area contributed by atoms with Crippen molar-refractivity contribution in [3.63, 3.8) is 0 Å². The van der Waals surface area contributed by atoms with Crippen LogP contribution in [0.25, 0.3) is 9.95 Å². The first-order valence-electron chi connectivity index (χ1n) is 9.75. The van der Waals surface area contributed by atoms with Gasteiger partial charge in [-0.25, -0.2) is 0 Å². The Bertz CT molecular complexity index is 955. The van der Waals surface area contributed by atoms with Gasteiger partial charge in [0, 0.05) is 22.3 Å². The van der Waals surface area contributed by atoms with Gasteiger partial charge in [0.15, 0.2) is 9.95 Å².